The molecule has 0 N–H and O–H groups in total. The highest BCUT2D eigenvalue weighted by Gasteiger charge is 2.50. The minimum atomic E-state index is -3.50. The van der Waals surface area contributed by atoms with Crippen LogP contribution in [0.5, 0.6) is 0 Å². The van der Waals surface area contributed by atoms with Crippen molar-refractivity contribution in [2.45, 2.75) is 22.0 Å². The molecular formula is C7H10ClIO3S. The van der Waals surface area contributed by atoms with E-state index in [2.05, 4.69) is 0 Å². The number of Topliss-reactive ketones (excluding diaryl/α,β-unsaturated/α-hetero) is 1. The van der Waals surface area contributed by atoms with Crippen LogP contribution in [0.25, 0.3) is 0 Å². The van der Waals surface area contributed by atoms with Crippen molar-refractivity contribution in [3.63, 3.8) is 0 Å². The van der Waals surface area contributed by atoms with Gasteiger partial charge in [-0.1, -0.05) is 18.5 Å². The van der Waals surface area contributed by atoms with Crippen molar-refractivity contribution >= 4 is 49.8 Å². The summed E-state index contributed by atoms with van der Waals surface area (Å²) < 4.78 is 21.1. The Balaban J connectivity index is 2.92. The number of carbonyl (C=O) groups is 1. The molecule has 0 aromatic carbocycles. The predicted octanol–water partition coefficient (Wildman–Crippen LogP) is 1.73. The Hall–Kier alpha value is 0.640. The summed E-state index contributed by atoms with van der Waals surface area (Å²) in [7, 11) is -3.50. The lowest BCUT2D eigenvalue weighted by Gasteiger charge is -2.17. The van der Waals surface area contributed by atoms with Crippen LogP contribution in [0.15, 0.2) is 0 Å². The zero-order chi connectivity index (χ0) is 10.3. The Morgan fingerprint density at radius 2 is 2.08 bits per heavy atom. The van der Waals surface area contributed by atoms with Crippen LogP contribution < -0.4 is 0 Å². The lowest BCUT2D eigenvalue weighted by atomic mass is 10.3. The molecule has 0 unspecified atom stereocenters. The van der Waals surface area contributed by atoms with Crippen LogP contribution in [0, 0.1) is 5.92 Å². The molecule has 0 aromatic heterocycles. The maximum Gasteiger partial charge on any atom is 0.253 e. The molecule has 0 radical (unpaired) electrons. The van der Waals surface area contributed by atoms with Crippen molar-refractivity contribution in [2.24, 2.45) is 5.92 Å². The first-order valence-corrected chi connectivity index (χ1v) is 7.08. The average molecular weight is 337 g/mol. The van der Waals surface area contributed by atoms with E-state index in [9.17, 15) is 13.2 Å². The summed E-state index contributed by atoms with van der Waals surface area (Å²) in [4.78, 5) is 11.5. The molecule has 1 fully saturated rings. The summed E-state index contributed by atoms with van der Waals surface area (Å²) in [6.07, 6.45) is 1.55. The van der Waals surface area contributed by atoms with Gasteiger partial charge in [-0.15, -0.1) is 0 Å². The third-order valence-electron chi connectivity index (χ3n) is 2.01. The third-order valence-corrected chi connectivity index (χ3v) is 7.18. The molecule has 0 saturated heterocycles. The lowest BCUT2D eigenvalue weighted by Crippen LogP contribution is -2.37. The topological polar surface area (TPSA) is 51.2 Å². The molecule has 0 aliphatic heterocycles. The Labute approximate surface area is 96.3 Å². The first-order valence-electron chi connectivity index (χ1n) is 3.97. The molecule has 1 aliphatic rings. The second-order valence-electron chi connectivity index (χ2n) is 3.06. The van der Waals surface area contributed by atoms with Gasteiger partial charge in [0.1, 0.15) is 0 Å². The van der Waals surface area contributed by atoms with Gasteiger partial charge in [0.15, 0.2) is 15.6 Å². The van der Waals surface area contributed by atoms with E-state index < -0.39 is 12.1 Å². The van der Waals surface area contributed by atoms with Crippen LogP contribution in [0.2, 0.25) is 0 Å². The summed E-state index contributed by atoms with van der Waals surface area (Å²) in [5.74, 6) is -0.579. The van der Waals surface area contributed by atoms with E-state index in [4.69, 9.17) is 11.6 Å². The van der Waals surface area contributed by atoms with Crippen LogP contribution >= 0.6 is 34.2 Å². The largest absolute Gasteiger partial charge is 0.295 e. The molecular weight excluding hydrogens is 326 g/mol. The number of hydrogen-bond acceptors (Lipinski definition) is 3. The highest BCUT2D eigenvalue weighted by atomic mass is 127. The molecule has 1 aliphatic carbocycles. The zero-order valence-corrected chi connectivity index (χ0v) is 10.8. The Kier molecular flexibility index (Phi) is 3.30. The molecule has 0 amide bonds. The monoisotopic (exact) mass is 336 g/mol. The number of carbonyl (C=O) groups excluding carboxylic acids is 1. The van der Waals surface area contributed by atoms with Gasteiger partial charge in [0.05, 0.1) is 5.75 Å². The summed E-state index contributed by atoms with van der Waals surface area (Å²) in [5.41, 5.74) is 0. The van der Waals surface area contributed by atoms with Gasteiger partial charge in [0.25, 0.3) is 2.21 Å². The number of rotatable bonds is 4. The predicted molar refractivity (Wildman–Crippen MR) is 59.8 cm³/mol. The lowest BCUT2D eigenvalue weighted by molar-refractivity contribution is -0.118. The summed E-state index contributed by atoms with van der Waals surface area (Å²) in [6, 6.07) is 0. The zero-order valence-electron chi connectivity index (χ0n) is 7.09. The number of halogens is 2. The van der Waals surface area contributed by atoms with Gasteiger partial charge in [-0.05, 0) is 35.4 Å². The van der Waals surface area contributed by atoms with Gasteiger partial charge in [-0.2, -0.15) is 0 Å². The van der Waals surface area contributed by atoms with Crippen LogP contribution in [0.3, 0.4) is 0 Å². The minimum absolute atomic E-state index is 0.0993. The molecule has 3 nitrogen and oxygen atoms in total. The SMILES string of the molecule is CCS(=O)(=O)[C@@](Cl)(I)C(=O)C1CC1. The second-order valence-corrected chi connectivity index (χ2v) is 9.26. The highest BCUT2D eigenvalue weighted by molar-refractivity contribution is 14.1. The van der Waals surface area contributed by atoms with E-state index in [1.165, 1.54) is 29.5 Å². The van der Waals surface area contributed by atoms with Crippen molar-refractivity contribution < 1.29 is 13.2 Å². The molecule has 76 valence electrons. The fraction of sp³-hybridized carbons (Fsp3) is 0.857. The van der Waals surface area contributed by atoms with E-state index in [1.54, 1.807) is 0 Å². The van der Waals surface area contributed by atoms with Gasteiger partial charge in [-0.25, -0.2) is 8.42 Å². The molecule has 0 spiro atoms. The Morgan fingerprint density at radius 3 is 2.38 bits per heavy atom. The minimum Gasteiger partial charge on any atom is -0.295 e. The number of ketones is 1. The molecule has 0 bridgehead atoms. The molecule has 0 heterocycles. The van der Waals surface area contributed by atoms with Crippen molar-refractivity contribution in [1.82, 2.24) is 0 Å². The van der Waals surface area contributed by atoms with Gasteiger partial charge in [0, 0.05) is 5.92 Å². The molecule has 1 atom stereocenters. The maximum atomic E-state index is 11.5. The number of hydrogen-bond donors (Lipinski definition) is 0. The van der Waals surface area contributed by atoms with E-state index in [1.807, 2.05) is 0 Å². The fourth-order valence-electron chi connectivity index (χ4n) is 0.918. The first kappa shape index (κ1) is 11.7. The van der Waals surface area contributed by atoms with Crippen LogP contribution in [-0.2, 0) is 14.6 Å². The summed E-state index contributed by atoms with van der Waals surface area (Å²) in [6.45, 7) is 1.49. The Morgan fingerprint density at radius 1 is 1.62 bits per heavy atom. The van der Waals surface area contributed by atoms with Gasteiger partial charge < -0.3 is 0 Å². The maximum absolute atomic E-state index is 11.5. The molecule has 1 rings (SSSR count). The van der Waals surface area contributed by atoms with Gasteiger partial charge in [-0.3, -0.25) is 4.79 Å². The molecule has 13 heavy (non-hydrogen) atoms. The van der Waals surface area contributed by atoms with E-state index >= 15 is 0 Å². The smallest absolute Gasteiger partial charge is 0.253 e. The van der Waals surface area contributed by atoms with Crippen molar-refractivity contribution in [1.29, 1.82) is 0 Å². The van der Waals surface area contributed by atoms with Crippen molar-refractivity contribution in [2.75, 3.05) is 5.75 Å². The van der Waals surface area contributed by atoms with Crippen molar-refractivity contribution in [3.05, 3.63) is 0 Å². The molecule has 1 saturated carbocycles. The quantitative estimate of drug-likeness (QED) is 0.580. The van der Waals surface area contributed by atoms with Crippen LogP contribution in [0.4, 0.5) is 0 Å². The standard InChI is InChI=1S/C7H10ClIO3S/c1-2-13(11,12)7(8,9)6(10)5-3-4-5/h5H,2-4H2,1H3/t7-/m0/s1. The average Bonchev–Trinajstić information content (AvgIpc) is 2.85. The first-order chi connectivity index (χ1) is 5.83. The molecule has 6 heteroatoms. The summed E-state index contributed by atoms with van der Waals surface area (Å²) >= 11 is 7.29. The second kappa shape index (κ2) is 3.66. The Bertz CT molecular complexity index is 319. The van der Waals surface area contributed by atoms with E-state index in [0.717, 1.165) is 12.8 Å². The number of sulfone groups is 1. The summed E-state index contributed by atoms with van der Waals surface area (Å²) in [5, 5.41) is 0. The number of alkyl halides is 2. The van der Waals surface area contributed by atoms with Gasteiger partial charge in [0.2, 0.25) is 0 Å². The third kappa shape index (κ3) is 2.18. The van der Waals surface area contributed by atoms with Crippen LogP contribution in [-0.4, -0.2) is 22.2 Å². The van der Waals surface area contributed by atoms with Crippen molar-refractivity contribution in [3.8, 4) is 0 Å². The fourth-order valence-corrected chi connectivity index (χ4v) is 3.61. The van der Waals surface area contributed by atoms with Gasteiger partial charge >= 0.3 is 0 Å². The van der Waals surface area contributed by atoms with E-state index in [0.29, 0.717) is 0 Å². The highest BCUT2D eigenvalue weighted by Crippen LogP contribution is 2.42. The normalized spacial score (nSPS) is 22.4. The van der Waals surface area contributed by atoms with Crippen LogP contribution in [0.1, 0.15) is 19.8 Å². The van der Waals surface area contributed by atoms with E-state index in [-0.39, 0.29) is 17.5 Å². The molecule has 0 aromatic rings.